The molecule has 0 saturated heterocycles. The normalized spacial score (nSPS) is 26.9. The van der Waals surface area contributed by atoms with Gasteiger partial charge in [0.2, 0.25) is 0 Å². The van der Waals surface area contributed by atoms with Gasteiger partial charge in [0.25, 0.3) is 0 Å². The van der Waals surface area contributed by atoms with Crippen LogP contribution in [0.25, 0.3) is 0 Å². The van der Waals surface area contributed by atoms with Gasteiger partial charge in [0.1, 0.15) is 12.7 Å². The topological polar surface area (TPSA) is 85.7 Å². The van der Waals surface area contributed by atoms with Crippen molar-refractivity contribution in [1.29, 1.82) is 0 Å². The summed E-state index contributed by atoms with van der Waals surface area (Å²) in [5.74, 6) is 0.945. The molecule has 7 heteroatoms. The van der Waals surface area contributed by atoms with Crippen LogP contribution in [0.4, 0.5) is 0 Å². The molecule has 0 amide bonds. The maximum absolute atomic E-state index is 12.4. The van der Waals surface area contributed by atoms with Crippen LogP contribution < -0.4 is 5.48 Å². The average Bonchev–Trinajstić information content (AvgIpc) is 3.13. The molecule has 0 bridgehead atoms. The molecule has 3 rings (SSSR count). The molecule has 0 radical (unpaired) electrons. The zero-order valence-electron chi connectivity index (χ0n) is 15.0. The average molecular weight is 344 g/mol. The fourth-order valence-corrected chi connectivity index (χ4v) is 3.09. The number of hydrogen-bond acceptors (Lipinski definition) is 7. The van der Waals surface area contributed by atoms with E-state index in [-0.39, 0.29) is 35.9 Å². The summed E-state index contributed by atoms with van der Waals surface area (Å²) in [6, 6.07) is 1.73. The number of hydroxylamine groups is 1. The second kappa shape index (κ2) is 6.92. The van der Waals surface area contributed by atoms with Crippen LogP contribution in [0, 0.1) is 17.3 Å². The molecule has 2 aliphatic rings. The zero-order valence-corrected chi connectivity index (χ0v) is 15.0. The molecule has 1 aliphatic heterocycles. The number of amidine groups is 1. The number of allylic oxidation sites excluding steroid dienone is 2. The number of nitrogens with one attached hydrogen (secondary N) is 1. The van der Waals surface area contributed by atoms with Gasteiger partial charge in [0, 0.05) is 12.4 Å². The lowest BCUT2D eigenvalue weighted by Crippen LogP contribution is -2.40. The quantitative estimate of drug-likeness (QED) is 0.649. The minimum absolute atomic E-state index is 0.0456. The molecule has 0 spiro atoms. The van der Waals surface area contributed by atoms with E-state index in [2.05, 4.69) is 40.4 Å². The van der Waals surface area contributed by atoms with E-state index in [9.17, 15) is 4.79 Å². The molecule has 3 atom stereocenters. The van der Waals surface area contributed by atoms with Crippen molar-refractivity contribution in [2.45, 2.75) is 33.8 Å². The predicted octanol–water partition coefficient (Wildman–Crippen LogP) is 1.91. The summed E-state index contributed by atoms with van der Waals surface area (Å²) in [5, 5.41) is 0. The number of rotatable bonds is 5. The van der Waals surface area contributed by atoms with Crippen molar-refractivity contribution in [3.63, 3.8) is 0 Å². The standard InChI is InChI=1S/C18H24N4O3/c1-11(2)8-13-14(18(13,3)4)17(23)24-10-12-9-21-16(22-25-12)15-19-6-5-7-20-15/h5-8,12-14H,9-10H2,1-4H3,(H,21,22)/t12-,13+,14-/m0/s1. The van der Waals surface area contributed by atoms with Gasteiger partial charge in [-0.15, -0.1) is 0 Å². The summed E-state index contributed by atoms with van der Waals surface area (Å²) in [7, 11) is 0. The summed E-state index contributed by atoms with van der Waals surface area (Å²) in [4.78, 5) is 30.4. The Morgan fingerprint density at radius 1 is 1.40 bits per heavy atom. The number of aromatic nitrogens is 2. The van der Waals surface area contributed by atoms with Crippen LogP contribution in [0.1, 0.15) is 33.5 Å². The van der Waals surface area contributed by atoms with Gasteiger partial charge < -0.3 is 4.74 Å². The molecule has 1 fully saturated rings. The van der Waals surface area contributed by atoms with Crippen molar-refractivity contribution in [2.24, 2.45) is 22.2 Å². The minimum Gasteiger partial charge on any atom is -0.462 e. The molecular weight excluding hydrogens is 320 g/mol. The Balaban J connectivity index is 1.50. The Morgan fingerprint density at radius 3 is 2.72 bits per heavy atom. The Kier molecular flexibility index (Phi) is 4.85. The minimum atomic E-state index is -0.319. The number of nitrogens with zero attached hydrogens (tertiary/aromatic N) is 3. The van der Waals surface area contributed by atoms with Gasteiger partial charge in [-0.05, 0) is 31.2 Å². The van der Waals surface area contributed by atoms with Crippen LogP contribution >= 0.6 is 0 Å². The van der Waals surface area contributed by atoms with Crippen molar-refractivity contribution < 1.29 is 14.4 Å². The smallest absolute Gasteiger partial charge is 0.310 e. The summed E-state index contributed by atoms with van der Waals surface area (Å²) in [6.07, 6.45) is 5.11. The molecule has 0 aromatic carbocycles. The summed E-state index contributed by atoms with van der Waals surface area (Å²) in [6.45, 7) is 8.84. The number of carbonyl (C=O) groups excluding carboxylic acids is 1. The Labute approximate surface area is 147 Å². The van der Waals surface area contributed by atoms with E-state index in [0.717, 1.165) is 0 Å². The van der Waals surface area contributed by atoms with Gasteiger partial charge in [-0.3, -0.25) is 14.6 Å². The lowest BCUT2D eigenvalue weighted by Gasteiger charge is -2.22. The van der Waals surface area contributed by atoms with Crippen molar-refractivity contribution in [2.75, 3.05) is 13.2 Å². The highest BCUT2D eigenvalue weighted by Crippen LogP contribution is 2.59. The van der Waals surface area contributed by atoms with Gasteiger partial charge in [0.15, 0.2) is 11.7 Å². The van der Waals surface area contributed by atoms with Crippen LogP contribution in [0.2, 0.25) is 0 Å². The Bertz CT molecular complexity index is 696. The third kappa shape index (κ3) is 3.87. The molecule has 1 aromatic rings. The lowest BCUT2D eigenvalue weighted by atomic mass is 10.1. The van der Waals surface area contributed by atoms with Gasteiger partial charge >= 0.3 is 5.97 Å². The first-order valence-corrected chi connectivity index (χ1v) is 8.44. The van der Waals surface area contributed by atoms with E-state index in [1.165, 1.54) is 5.57 Å². The highest BCUT2D eigenvalue weighted by molar-refractivity contribution is 5.94. The van der Waals surface area contributed by atoms with Crippen LogP contribution in [0.5, 0.6) is 0 Å². The monoisotopic (exact) mass is 344 g/mol. The molecule has 25 heavy (non-hydrogen) atoms. The number of hydrogen-bond donors (Lipinski definition) is 1. The van der Waals surface area contributed by atoms with Crippen LogP contribution in [-0.4, -0.2) is 41.0 Å². The lowest BCUT2D eigenvalue weighted by molar-refractivity contribution is -0.151. The molecule has 7 nitrogen and oxygen atoms in total. The second-order valence-electron chi connectivity index (χ2n) is 7.30. The van der Waals surface area contributed by atoms with Crippen LogP contribution in [0.3, 0.4) is 0 Å². The SMILES string of the molecule is CC(C)=C[C@@H]1[C@@H](C(=O)OC[C@@H]2CN=C(c3ncccn3)NO2)C1(C)C. The van der Waals surface area contributed by atoms with E-state index in [4.69, 9.17) is 9.57 Å². The van der Waals surface area contributed by atoms with Crippen molar-refractivity contribution in [3.05, 3.63) is 35.9 Å². The maximum atomic E-state index is 12.4. The van der Waals surface area contributed by atoms with Crippen LogP contribution in [0.15, 0.2) is 35.1 Å². The van der Waals surface area contributed by atoms with Gasteiger partial charge in [-0.1, -0.05) is 25.5 Å². The molecule has 2 heterocycles. The highest BCUT2D eigenvalue weighted by atomic mass is 16.7. The Hall–Kier alpha value is -2.28. The first-order valence-electron chi connectivity index (χ1n) is 8.44. The highest BCUT2D eigenvalue weighted by Gasteiger charge is 2.61. The first-order chi connectivity index (χ1) is 11.9. The van der Waals surface area contributed by atoms with E-state index in [1.54, 1.807) is 18.5 Å². The Morgan fingerprint density at radius 2 is 2.12 bits per heavy atom. The van der Waals surface area contributed by atoms with Crippen molar-refractivity contribution in [3.8, 4) is 0 Å². The van der Waals surface area contributed by atoms with E-state index < -0.39 is 0 Å². The van der Waals surface area contributed by atoms with Gasteiger partial charge in [-0.2, -0.15) is 0 Å². The molecule has 1 N–H and O–H groups in total. The molecule has 1 aromatic heterocycles. The number of ether oxygens (including phenoxy) is 1. The molecule has 134 valence electrons. The third-order valence-electron chi connectivity index (χ3n) is 4.64. The molecule has 0 unspecified atom stereocenters. The molecule has 1 aliphatic carbocycles. The summed E-state index contributed by atoms with van der Waals surface area (Å²) >= 11 is 0. The maximum Gasteiger partial charge on any atom is 0.310 e. The number of aliphatic imine (C=N–C) groups is 1. The fourth-order valence-electron chi connectivity index (χ4n) is 3.09. The van der Waals surface area contributed by atoms with E-state index >= 15 is 0 Å². The zero-order chi connectivity index (χ0) is 18.0. The fraction of sp³-hybridized carbons (Fsp3) is 0.556. The largest absolute Gasteiger partial charge is 0.462 e. The third-order valence-corrected chi connectivity index (χ3v) is 4.64. The van der Waals surface area contributed by atoms with Crippen molar-refractivity contribution >= 4 is 11.8 Å². The van der Waals surface area contributed by atoms with E-state index in [1.807, 2.05) is 13.8 Å². The van der Waals surface area contributed by atoms with Crippen LogP contribution in [-0.2, 0) is 14.4 Å². The van der Waals surface area contributed by atoms with Crippen molar-refractivity contribution in [1.82, 2.24) is 15.4 Å². The van der Waals surface area contributed by atoms with Gasteiger partial charge in [-0.25, -0.2) is 15.4 Å². The second-order valence-corrected chi connectivity index (χ2v) is 7.30. The first kappa shape index (κ1) is 17.5. The number of esters is 1. The predicted molar refractivity (Wildman–Crippen MR) is 92.6 cm³/mol. The van der Waals surface area contributed by atoms with Gasteiger partial charge in [0.05, 0.1) is 12.5 Å². The van der Waals surface area contributed by atoms with E-state index in [0.29, 0.717) is 18.2 Å². The summed E-state index contributed by atoms with van der Waals surface area (Å²) in [5.41, 5.74) is 3.90. The summed E-state index contributed by atoms with van der Waals surface area (Å²) < 4.78 is 5.46. The number of carbonyl (C=O) groups is 1. The molecular formula is C18H24N4O3. The molecule has 1 saturated carbocycles.